The second-order valence-corrected chi connectivity index (χ2v) is 5.39. The van der Waals surface area contributed by atoms with Gasteiger partial charge in [-0.3, -0.25) is 4.90 Å². The monoisotopic (exact) mass is 236 g/mol. The summed E-state index contributed by atoms with van der Waals surface area (Å²) < 4.78 is 13.6. The largest absolute Gasteiger partial charge is 0.329 e. The maximum atomic E-state index is 13.6. The Morgan fingerprint density at radius 3 is 2.59 bits per heavy atom. The Morgan fingerprint density at radius 1 is 1.41 bits per heavy atom. The molecule has 0 saturated heterocycles. The highest BCUT2D eigenvalue weighted by Crippen LogP contribution is 2.41. The number of likely N-dealkylation sites (N-methyl/N-ethyl adjacent to an activating group) is 1. The molecule has 0 bridgehead atoms. The van der Waals surface area contributed by atoms with Crippen molar-refractivity contribution in [1.29, 1.82) is 0 Å². The molecule has 1 aliphatic carbocycles. The molecule has 0 aromatic heterocycles. The quantitative estimate of drug-likeness (QED) is 0.869. The van der Waals surface area contributed by atoms with E-state index in [1.54, 1.807) is 6.07 Å². The molecule has 94 valence electrons. The number of benzene rings is 1. The number of nitrogens with two attached hydrogens (primary N) is 1. The van der Waals surface area contributed by atoms with Crippen LogP contribution in [0.3, 0.4) is 0 Å². The van der Waals surface area contributed by atoms with Crippen LogP contribution in [0.15, 0.2) is 24.3 Å². The molecule has 0 atom stereocenters. The smallest absolute Gasteiger partial charge is 0.127 e. The minimum Gasteiger partial charge on any atom is -0.329 e. The summed E-state index contributed by atoms with van der Waals surface area (Å²) in [6, 6.07) is 6.97. The summed E-state index contributed by atoms with van der Waals surface area (Å²) in [4.78, 5) is 2.21. The van der Waals surface area contributed by atoms with Crippen LogP contribution < -0.4 is 5.73 Å². The summed E-state index contributed by atoms with van der Waals surface area (Å²) in [5.74, 6) is 0.612. The van der Waals surface area contributed by atoms with E-state index in [9.17, 15) is 4.39 Å². The Labute approximate surface area is 103 Å². The van der Waals surface area contributed by atoms with E-state index in [2.05, 4.69) is 11.8 Å². The summed E-state index contributed by atoms with van der Waals surface area (Å²) >= 11 is 0. The van der Waals surface area contributed by atoms with Gasteiger partial charge in [0.25, 0.3) is 0 Å². The molecule has 1 fully saturated rings. The zero-order chi connectivity index (χ0) is 12.5. The third kappa shape index (κ3) is 2.35. The minimum atomic E-state index is -0.126. The highest BCUT2D eigenvalue weighted by atomic mass is 19.1. The lowest BCUT2D eigenvalue weighted by Gasteiger charge is -2.52. The lowest BCUT2D eigenvalue weighted by Crippen LogP contribution is -2.59. The Bertz CT molecular complexity index is 386. The molecule has 2 rings (SSSR count). The van der Waals surface area contributed by atoms with E-state index in [1.807, 2.05) is 19.2 Å². The molecule has 1 aromatic rings. The summed E-state index contributed by atoms with van der Waals surface area (Å²) in [7, 11) is 2.05. The van der Waals surface area contributed by atoms with E-state index >= 15 is 0 Å². The van der Waals surface area contributed by atoms with Gasteiger partial charge in [0.1, 0.15) is 5.82 Å². The molecule has 0 spiro atoms. The van der Waals surface area contributed by atoms with Gasteiger partial charge in [-0.15, -0.1) is 0 Å². The van der Waals surface area contributed by atoms with E-state index in [0.29, 0.717) is 13.1 Å². The van der Waals surface area contributed by atoms with Crippen molar-refractivity contribution in [1.82, 2.24) is 4.90 Å². The molecule has 1 aromatic carbocycles. The van der Waals surface area contributed by atoms with Crippen molar-refractivity contribution < 1.29 is 4.39 Å². The first-order valence-electron chi connectivity index (χ1n) is 6.22. The SMILES string of the molecule is CC1CC(CN)(N(C)Cc2ccccc2F)C1. The minimum absolute atomic E-state index is 0.0850. The second-order valence-electron chi connectivity index (χ2n) is 5.39. The van der Waals surface area contributed by atoms with Crippen molar-refractivity contribution in [3.8, 4) is 0 Å². The van der Waals surface area contributed by atoms with E-state index in [1.165, 1.54) is 6.07 Å². The predicted octanol–water partition coefficient (Wildman–Crippen LogP) is 2.38. The Kier molecular flexibility index (Phi) is 3.50. The van der Waals surface area contributed by atoms with Crippen molar-refractivity contribution in [2.45, 2.75) is 31.8 Å². The van der Waals surface area contributed by atoms with Gasteiger partial charge in [-0.2, -0.15) is 0 Å². The third-order valence-corrected chi connectivity index (χ3v) is 4.01. The zero-order valence-electron chi connectivity index (χ0n) is 10.6. The van der Waals surface area contributed by atoms with Crippen LogP contribution in [0.4, 0.5) is 4.39 Å². The fraction of sp³-hybridized carbons (Fsp3) is 0.571. The van der Waals surface area contributed by atoms with Gasteiger partial charge in [-0.1, -0.05) is 25.1 Å². The van der Waals surface area contributed by atoms with Gasteiger partial charge in [0.05, 0.1) is 0 Å². The van der Waals surface area contributed by atoms with Crippen LogP contribution in [-0.4, -0.2) is 24.0 Å². The van der Waals surface area contributed by atoms with Gasteiger partial charge < -0.3 is 5.73 Å². The van der Waals surface area contributed by atoms with Crippen LogP contribution in [0.1, 0.15) is 25.3 Å². The lowest BCUT2D eigenvalue weighted by molar-refractivity contribution is -0.000284. The number of hydrogen-bond donors (Lipinski definition) is 1. The summed E-state index contributed by atoms with van der Waals surface area (Å²) in [6.45, 7) is 3.53. The van der Waals surface area contributed by atoms with E-state index in [4.69, 9.17) is 5.73 Å². The molecular weight excluding hydrogens is 215 g/mol. The van der Waals surface area contributed by atoms with Crippen molar-refractivity contribution in [3.05, 3.63) is 35.6 Å². The first-order chi connectivity index (χ1) is 8.07. The van der Waals surface area contributed by atoms with Gasteiger partial charge in [0.15, 0.2) is 0 Å². The van der Waals surface area contributed by atoms with Gasteiger partial charge in [0, 0.05) is 24.2 Å². The van der Waals surface area contributed by atoms with Crippen molar-refractivity contribution in [2.24, 2.45) is 11.7 Å². The molecule has 3 heteroatoms. The maximum absolute atomic E-state index is 13.6. The van der Waals surface area contributed by atoms with Crippen LogP contribution >= 0.6 is 0 Å². The zero-order valence-corrected chi connectivity index (χ0v) is 10.6. The Morgan fingerprint density at radius 2 is 2.06 bits per heavy atom. The number of nitrogens with zero attached hydrogens (tertiary/aromatic N) is 1. The van der Waals surface area contributed by atoms with Gasteiger partial charge >= 0.3 is 0 Å². The van der Waals surface area contributed by atoms with Crippen LogP contribution in [0.5, 0.6) is 0 Å². The number of rotatable bonds is 4. The molecule has 2 nitrogen and oxygen atoms in total. The fourth-order valence-corrected chi connectivity index (χ4v) is 2.92. The summed E-state index contributed by atoms with van der Waals surface area (Å²) in [6.07, 6.45) is 2.24. The highest BCUT2D eigenvalue weighted by Gasteiger charge is 2.43. The predicted molar refractivity (Wildman–Crippen MR) is 68.1 cm³/mol. The highest BCUT2D eigenvalue weighted by molar-refractivity contribution is 5.18. The Balaban J connectivity index is 2.06. The molecule has 17 heavy (non-hydrogen) atoms. The fourth-order valence-electron chi connectivity index (χ4n) is 2.92. The lowest BCUT2D eigenvalue weighted by atomic mass is 9.68. The summed E-state index contributed by atoms with van der Waals surface area (Å²) in [5, 5.41) is 0. The molecule has 0 heterocycles. The number of halogens is 1. The van der Waals surface area contributed by atoms with E-state index in [0.717, 1.165) is 24.3 Å². The van der Waals surface area contributed by atoms with E-state index < -0.39 is 0 Å². The average Bonchev–Trinajstić information content (AvgIpc) is 2.27. The normalized spacial score (nSPS) is 28.2. The molecule has 2 N–H and O–H groups in total. The Hall–Kier alpha value is -0.930. The molecule has 1 aliphatic rings. The summed E-state index contributed by atoms with van der Waals surface area (Å²) in [5.41, 5.74) is 6.73. The van der Waals surface area contributed by atoms with E-state index in [-0.39, 0.29) is 11.4 Å². The molecule has 1 saturated carbocycles. The molecule has 0 amide bonds. The molecule has 0 radical (unpaired) electrons. The van der Waals surface area contributed by atoms with Gasteiger partial charge in [0.2, 0.25) is 0 Å². The molecule has 0 unspecified atom stereocenters. The maximum Gasteiger partial charge on any atom is 0.127 e. The van der Waals surface area contributed by atoms with Crippen LogP contribution in [-0.2, 0) is 6.54 Å². The van der Waals surface area contributed by atoms with Crippen LogP contribution in [0, 0.1) is 11.7 Å². The molecule has 0 aliphatic heterocycles. The van der Waals surface area contributed by atoms with Gasteiger partial charge in [-0.05, 0) is 31.9 Å². The van der Waals surface area contributed by atoms with Crippen LogP contribution in [0.25, 0.3) is 0 Å². The third-order valence-electron chi connectivity index (χ3n) is 4.01. The first kappa shape index (κ1) is 12.5. The second kappa shape index (κ2) is 4.75. The molecular formula is C14H21FN2. The topological polar surface area (TPSA) is 29.3 Å². The standard InChI is InChI=1S/C14H21FN2/c1-11-7-14(8-11,10-16)17(2)9-12-5-3-4-6-13(12)15/h3-6,11H,7-10,16H2,1-2H3. The first-order valence-corrected chi connectivity index (χ1v) is 6.22. The average molecular weight is 236 g/mol. The van der Waals surface area contributed by atoms with Crippen molar-refractivity contribution in [3.63, 3.8) is 0 Å². The number of hydrogen-bond acceptors (Lipinski definition) is 2. The van der Waals surface area contributed by atoms with Crippen molar-refractivity contribution in [2.75, 3.05) is 13.6 Å². The van der Waals surface area contributed by atoms with Gasteiger partial charge in [-0.25, -0.2) is 4.39 Å². The van der Waals surface area contributed by atoms with Crippen LogP contribution in [0.2, 0.25) is 0 Å². The van der Waals surface area contributed by atoms with Crippen molar-refractivity contribution >= 4 is 0 Å².